The van der Waals surface area contributed by atoms with Crippen LogP contribution in [0.5, 0.6) is 0 Å². The molecule has 1 atom stereocenters. The molecule has 0 aromatic heterocycles. The van der Waals surface area contributed by atoms with Crippen LogP contribution in [0.1, 0.15) is 36.2 Å². The summed E-state index contributed by atoms with van der Waals surface area (Å²) in [6.45, 7) is 2.17. The number of aliphatic hydroxyl groups is 1. The Bertz CT molecular complexity index is 917. The first-order chi connectivity index (χ1) is 14.3. The molecule has 158 valence electrons. The van der Waals surface area contributed by atoms with E-state index in [1.54, 1.807) is 37.4 Å². The maximum absolute atomic E-state index is 12.9. The number of aliphatic hydroxyl groups excluding tert-OH is 1. The summed E-state index contributed by atoms with van der Waals surface area (Å²) in [4.78, 5) is 43.4. The van der Waals surface area contributed by atoms with Crippen LogP contribution in [0.4, 0.5) is 0 Å². The Morgan fingerprint density at radius 1 is 1.03 bits per heavy atom. The van der Waals surface area contributed by atoms with Crippen LogP contribution in [0.25, 0.3) is 11.1 Å². The second-order valence-corrected chi connectivity index (χ2v) is 6.91. The fraction of sp³-hybridized carbons (Fsp3) is 0.304. The van der Waals surface area contributed by atoms with Gasteiger partial charge in [-0.05, 0) is 35.7 Å². The monoisotopic (exact) mass is 410 g/mol. The highest BCUT2D eigenvalue weighted by Gasteiger charge is 2.45. The second kappa shape index (κ2) is 9.93. The molecule has 2 aromatic carbocycles. The summed E-state index contributed by atoms with van der Waals surface area (Å²) in [5.41, 5.74) is 1.38. The topological polar surface area (TPSA) is 96.3 Å². The van der Waals surface area contributed by atoms with E-state index in [-0.39, 0.29) is 6.42 Å². The third-order valence-corrected chi connectivity index (χ3v) is 5.21. The number of rotatable bonds is 9. The highest BCUT2D eigenvalue weighted by Crippen LogP contribution is 2.24. The van der Waals surface area contributed by atoms with Gasteiger partial charge in [0.15, 0.2) is 17.1 Å². The molecule has 30 heavy (non-hydrogen) atoms. The van der Waals surface area contributed by atoms with Crippen LogP contribution in [0, 0.1) is 0 Å². The van der Waals surface area contributed by atoms with Crippen LogP contribution in [-0.4, -0.2) is 60.0 Å². The van der Waals surface area contributed by atoms with Crippen LogP contribution in [0.3, 0.4) is 0 Å². The molecule has 0 spiro atoms. The minimum atomic E-state index is -1.71. The number of carbonyl (C=O) groups is 3. The van der Waals surface area contributed by atoms with Gasteiger partial charge in [0.25, 0.3) is 5.91 Å². The molecule has 0 bridgehead atoms. The quantitative estimate of drug-likeness (QED) is 0.390. The minimum absolute atomic E-state index is 0.0733. The molecule has 7 heteroatoms. The zero-order chi connectivity index (χ0) is 22.3. The maximum atomic E-state index is 12.9. The van der Waals surface area contributed by atoms with E-state index in [9.17, 15) is 19.5 Å². The molecule has 0 fully saturated rings. The second-order valence-electron chi connectivity index (χ2n) is 6.91. The molecule has 0 aliphatic heterocycles. The van der Waals surface area contributed by atoms with Gasteiger partial charge in [0.2, 0.25) is 0 Å². The lowest BCUT2D eigenvalue weighted by atomic mass is 9.87. The van der Waals surface area contributed by atoms with Crippen LogP contribution < -0.4 is 0 Å². The van der Waals surface area contributed by atoms with E-state index in [1.165, 1.54) is 21.1 Å². The van der Waals surface area contributed by atoms with Crippen molar-refractivity contribution in [1.29, 1.82) is 0 Å². The van der Waals surface area contributed by atoms with Gasteiger partial charge in [-0.1, -0.05) is 48.5 Å². The van der Waals surface area contributed by atoms with Gasteiger partial charge in [0.05, 0.1) is 6.21 Å². The molecule has 0 saturated carbocycles. The van der Waals surface area contributed by atoms with Gasteiger partial charge in [-0.15, -0.1) is 0 Å². The fourth-order valence-electron chi connectivity index (χ4n) is 3.10. The molecular weight excluding hydrogens is 384 g/mol. The van der Waals surface area contributed by atoms with E-state index >= 15 is 0 Å². The molecule has 0 aliphatic carbocycles. The summed E-state index contributed by atoms with van der Waals surface area (Å²) in [6, 6.07) is 14.5. The molecule has 0 heterocycles. The highest BCUT2D eigenvalue weighted by atomic mass is 16.6. The largest absolute Gasteiger partial charge is 0.399 e. The lowest BCUT2D eigenvalue weighted by molar-refractivity contribution is -0.141. The van der Waals surface area contributed by atoms with Crippen molar-refractivity contribution in [3.8, 4) is 11.1 Å². The van der Waals surface area contributed by atoms with Crippen molar-refractivity contribution in [1.82, 2.24) is 4.90 Å². The van der Waals surface area contributed by atoms with Crippen LogP contribution in [0.15, 0.2) is 53.7 Å². The number of likely N-dealkylation sites (N-methyl/N-ethyl adjacent to an activating group) is 1. The number of nitrogens with zero attached hydrogens (tertiary/aromatic N) is 2. The van der Waals surface area contributed by atoms with E-state index in [0.717, 1.165) is 21.6 Å². The van der Waals surface area contributed by atoms with Crippen molar-refractivity contribution in [3.63, 3.8) is 0 Å². The molecule has 1 amide bonds. The summed E-state index contributed by atoms with van der Waals surface area (Å²) in [6.07, 6.45) is 1.67. The summed E-state index contributed by atoms with van der Waals surface area (Å²) >= 11 is 0. The van der Waals surface area contributed by atoms with Crippen molar-refractivity contribution in [2.75, 3.05) is 20.8 Å². The molecule has 0 aliphatic rings. The van der Waals surface area contributed by atoms with E-state index in [2.05, 4.69) is 9.99 Å². The van der Waals surface area contributed by atoms with E-state index < -0.39 is 29.6 Å². The summed E-state index contributed by atoms with van der Waals surface area (Å²) < 4.78 is 0. The highest BCUT2D eigenvalue weighted by molar-refractivity contribution is 6.15. The van der Waals surface area contributed by atoms with Crippen LogP contribution >= 0.6 is 0 Å². The first kappa shape index (κ1) is 23.0. The minimum Gasteiger partial charge on any atom is -0.399 e. The number of oxime groups is 1. The molecule has 0 saturated heterocycles. The summed E-state index contributed by atoms with van der Waals surface area (Å²) in [5.74, 6) is -1.61. The van der Waals surface area contributed by atoms with Crippen LogP contribution in [0.2, 0.25) is 0 Å². The average molecular weight is 410 g/mol. The third kappa shape index (κ3) is 4.63. The molecule has 0 unspecified atom stereocenters. The Morgan fingerprint density at radius 2 is 1.57 bits per heavy atom. The molecule has 0 radical (unpaired) electrons. The van der Waals surface area contributed by atoms with E-state index in [4.69, 9.17) is 0 Å². The lowest BCUT2D eigenvalue weighted by Gasteiger charge is -2.35. The van der Waals surface area contributed by atoms with Crippen molar-refractivity contribution in [2.24, 2.45) is 5.16 Å². The number of benzene rings is 2. The predicted molar refractivity (Wildman–Crippen MR) is 114 cm³/mol. The Labute approximate surface area is 176 Å². The Hall–Kier alpha value is -3.32. The number of Topliss-reactive ketones (excluding diaryl/α,β-unsaturated/α-hetero) is 2. The van der Waals surface area contributed by atoms with E-state index in [1.807, 2.05) is 24.3 Å². The lowest BCUT2D eigenvalue weighted by Crippen LogP contribution is -2.59. The number of ketones is 2. The predicted octanol–water partition coefficient (Wildman–Crippen LogP) is 2.71. The average Bonchev–Trinajstić information content (AvgIpc) is 2.80. The van der Waals surface area contributed by atoms with Crippen LogP contribution in [-0.2, 0) is 14.4 Å². The van der Waals surface area contributed by atoms with Gasteiger partial charge in [-0.3, -0.25) is 14.4 Å². The van der Waals surface area contributed by atoms with Gasteiger partial charge >= 0.3 is 0 Å². The zero-order valence-electron chi connectivity index (χ0n) is 17.6. The molecule has 1 N–H and O–H groups in total. The van der Waals surface area contributed by atoms with Gasteiger partial charge < -0.3 is 14.8 Å². The first-order valence-corrected chi connectivity index (χ1v) is 9.52. The number of carbonyl (C=O) groups excluding carboxylic acids is 3. The van der Waals surface area contributed by atoms with Gasteiger partial charge in [-0.2, -0.15) is 0 Å². The SMILES string of the molecule is CCC(=O)[C@@](C)(C(=O)CO)N(C)C(=O)c1ccc(-c2ccc(/C=N/OC)cc2)cc1. The van der Waals surface area contributed by atoms with Gasteiger partial charge in [-0.25, -0.2) is 0 Å². The normalized spacial score (nSPS) is 13.0. The number of hydrogen-bond acceptors (Lipinski definition) is 6. The number of amides is 1. The molecule has 2 rings (SSSR count). The zero-order valence-corrected chi connectivity index (χ0v) is 17.6. The maximum Gasteiger partial charge on any atom is 0.254 e. The Kier molecular flexibility index (Phi) is 7.60. The van der Waals surface area contributed by atoms with Crippen molar-refractivity contribution in [3.05, 3.63) is 59.7 Å². The third-order valence-electron chi connectivity index (χ3n) is 5.21. The molecular formula is C23H26N2O5. The Balaban J connectivity index is 2.26. The number of hydrogen-bond donors (Lipinski definition) is 1. The van der Waals surface area contributed by atoms with Gasteiger partial charge in [0.1, 0.15) is 13.7 Å². The molecule has 7 nitrogen and oxygen atoms in total. The Morgan fingerprint density at radius 3 is 2.03 bits per heavy atom. The standard InChI is InChI=1S/C23H26N2O5/c1-5-20(27)23(2,21(28)15-26)25(3)22(29)19-12-10-18(11-13-19)17-8-6-16(7-9-17)14-24-30-4/h6-14,26H,5,15H2,1-4H3/b24-14+/t23-/m0/s1. The van der Waals surface area contributed by atoms with E-state index in [0.29, 0.717) is 5.56 Å². The smallest absolute Gasteiger partial charge is 0.254 e. The van der Waals surface area contributed by atoms with Crippen molar-refractivity contribution < 1.29 is 24.3 Å². The fourth-order valence-corrected chi connectivity index (χ4v) is 3.10. The summed E-state index contributed by atoms with van der Waals surface area (Å²) in [7, 11) is 2.88. The van der Waals surface area contributed by atoms with Crippen molar-refractivity contribution in [2.45, 2.75) is 25.8 Å². The van der Waals surface area contributed by atoms with Crippen molar-refractivity contribution >= 4 is 23.7 Å². The molecule has 2 aromatic rings. The van der Waals surface area contributed by atoms with Gasteiger partial charge in [0, 0.05) is 19.0 Å². The first-order valence-electron chi connectivity index (χ1n) is 9.52. The summed E-state index contributed by atoms with van der Waals surface area (Å²) in [5, 5.41) is 13.0.